The number of anilines is 1. The van der Waals surface area contributed by atoms with Crippen LogP contribution in [0.15, 0.2) is 43.0 Å². The van der Waals surface area contributed by atoms with Crippen molar-refractivity contribution >= 4 is 17.0 Å². The van der Waals surface area contributed by atoms with E-state index < -0.39 is 0 Å². The van der Waals surface area contributed by atoms with Gasteiger partial charge >= 0.3 is 0 Å². The average Bonchev–Trinajstić information content (AvgIpc) is 2.88. The molecule has 0 amide bonds. The fourth-order valence-electron chi connectivity index (χ4n) is 1.12. The summed E-state index contributed by atoms with van der Waals surface area (Å²) in [6.07, 6.45) is 5.15. The first-order valence-corrected chi connectivity index (χ1v) is 4.49. The highest BCUT2D eigenvalue weighted by molar-refractivity contribution is 5.68. The number of nitrogens with one attached hydrogen (secondary N) is 2. The fourth-order valence-corrected chi connectivity index (χ4v) is 1.12. The van der Waals surface area contributed by atoms with E-state index in [1.807, 2.05) is 18.2 Å². The zero-order chi connectivity index (χ0) is 10.5. The molecule has 0 fully saturated rings. The van der Waals surface area contributed by atoms with Crippen molar-refractivity contribution in [3.05, 3.63) is 43.0 Å². The van der Waals surface area contributed by atoms with Gasteiger partial charge in [-0.25, -0.2) is 9.97 Å². The summed E-state index contributed by atoms with van der Waals surface area (Å²) in [5, 5.41) is 0. The number of imidazole rings is 1. The van der Waals surface area contributed by atoms with Gasteiger partial charge in [-0.1, -0.05) is 0 Å². The lowest BCUT2D eigenvalue weighted by Gasteiger charge is -1.80. The van der Waals surface area contributed by atoms with Crippen LogP contribution in [-0.4, -0.2) is 19.9 Å². The van der Waals surface area contributed by atoms with Crippen LogP contribution in [0.3, 0.4) is 0 Å². The van der Waals surface area contributed by atoms with E-state index >= 15 is 0 Å². The second-order valence-electron chi connectivity index (χ2n) is 2.90. The van der Waals surface area contributed by atoms with Crippen molar-refractivity contribution in [2.45, 2.75) is 0 Å². The van der Waals surface area contributed by atoms with E-state index in [-0.39, 0.29) is 0 Å². The predicted molar refractivity (Wildman–Crippen MR) is 59.1 cm³/mol. The normalized spacial score (nSPS) is 9.60. The van der Waals surface area contributed by atoms with Gasteiger partial charge in [0.15, 0.2) is 5.65 Å². The van der Waals surface area contributed by atoms with Crippen LogP contribution in [-0.2, 0) is 0 Å². The molecule has 3 aromatic heterocycles. The second-order valence-corrected chi connectivity index (χ2v) is 2.90. The maximum atomic E-state index is 5.22. The van der Waals surface area contributed by atoms with Crippen LogP contribution in [0.5, 0.6) is 0 Å². The molecule has 5 nitrogen and oxygen atoms in total. The first-order valence-electron chi connectivity index (χ1n) is 4.49. The summed E-state index contributed by atoms with van der Waals surface area (Å²) in [5.74, 6) is 0.718. The van der Waals surface area contributed by atoms with Gasteiger partial charge in [-0.2, -0.15) is 0 Å². The van der Waals surface area contributed by atoms with Gasteiger partial charge in [0.25, 0.3) is 0 Å². The monoisotopic (exact) mass is 201 g/mol. The zero-order valence-corrected chi connectivity index (χ0v) is 8.01. The largest absolute Gasteiger partial charge is 0.385 e. The van der Waals surface area contributed by atoms with Crippen LogP contribution in [0, 0.1) is 0 Å². The Hall–Kier alpha value is -2.30. The van der Waals surface area contributed by atoms with Crippen LogP contribution in [0.2, 0.25) is 0 Å². The summed E-state index contributed by atoms with van der Waals surface area (Å²) in [5.41, 5.74) is 6.98. The molecule has 76 valence electrons. The van der Waals surface area contributed by atoms with E-state index in [9.17, 15) is 0 Å². The van der Waals surface area contributed by atoms with Gasteiger partial charge in [0.05, 0.1) is 11.8 Å². The molecule has 0 aliphatic carbocycles. The summed E-state index contributed by atoms with van der Waals surface area (Å²) in [6.45, 7) is 0. The van der Waals surface area contributed by atoms with E-state index in [0.717, 1.165) is 17.0 Å². The fraction of sp³-hybridized carbons (Fsp3) is 0. The highest BCUT2D eigenvalue weighted by Gasteiger charge is 1.90. The predicted octanol–water partition coefficient (Wildman–Crippen LogP) is 1.55. The highest BCUT2D eigenvalue weighted by Crippen LogP contribution is 2.01. The zero-order valence-electron chi connectivity index (χ0n) is 8.01. The highest BCUT2D eigenvalue weighted by atomic mass is 14.9. The van der Waals surface area contributed by atoms with Crippen molar-refractivity contribution < 1.29 is 0 Å². The minimum atomic E-state index is 0.718. The second kappa shape index (κ2) is 4.28. The summed E-state index contributed by atoms with van der Waals surface area (Å²) in [4.78, 5) is 13.7. The van der Waals surface area contributed by atoms with Gasteiger partial charge in [-0.3, -0.25) is 0 Å². The molecule has 4 N–H and O–H groups in total. The van der Waals surface area contributed by atoms with Crippen molar-refractivity contribution in [1.82, 2.24) is 19.9 Å². The summed E-state index contributed by atoms with van der Waals surface area (Å²) in [6, 6.07) is 7.48. The molecule has 0 aliphatic heterocycles. The van der Waals surface area contributed by atoms with Gasteiger partial charge in [0.2, 0.25) is 0 Å². The molecule has 0 bridgehead atoms. The van der Waals surface area contributed by atoms with E-state index in [1.54, 1.807) is 24.8 Å². The van der Waals surface area contributed by atoms with Crippen molar-refractivity contribution in [1.29, 1.82) is 0 Å². The molecule has 0 saturated heterocycles. The Labute approximate surface area is 86.4 Å². The van der Waals surface area contributed by atoms with Crippen molar-refractivity contribution in [2.75, 3.05) is 5.73 Å². The Morgan fingerprint density at radius 1 is 1.07 bits per heavy atom. The Morgan fingerprint density at radius 3 is 2.60 bits per heavy atom. The number of nitrogens with zero attached hydrogens (tertiary/aromatic N) is 2. The lowest BCUT2D eigenvalue weighted by atomic mass is 10.4. The number of nitrogens with two attached hydrogens (primary N) is 1. The molecule has 0 radical (unpaired) electrons. The molecule has 0 atom stereocenters. The minimum absolute atomic E-state index is 0.718. The maximum Gasteiger partial charge on any atom is 0.177 e. The summed E-state index contributed by atoms with van der Waals surface area (Å²) in [7, 11) is 0. The molecular weight excluding hydrogens is 190 g/mol. The van der Waals surface area contributed by atoms with Crippen LogP contribution < -0.4 is 5.73 Å². The first-order chi connectivity index (χ1) is 7.36. The molecule has 15 heavy (non-hydrogen) atoms. The number of aromatic nitrogens is 4. The molecule has 5 heteroatoms. The average molecular weight is 201 g/mol. The molecule has 3 aromatic rings. The molecular formula is C10H11N5. The number of aromatic amines is 2. The number of hydrogen-bond donors (Lipinski definition) is 3. The van der Waals surface area contributed by atoms with Crippen LogP contribution in [0.1, 0.15) is 0 Å². The topological polar surface area (TPSA) is 83.4 Å². The summed E-state index contributed by atoms with van der Waals surface area (Å²) < 4.78 is 0. The van der Waals surface area contributed by atoms with Gasteiger partial charge in [-0.05, 0) is 24.3 Å². The van der Waals surface area contributed by atoms with Gasteiger partial charge in [0.1, 0.15) is 5.82 Å². The standard InChI is InChI=1S/C6H5N3.C4H6N2/c1-2-5-6(7-3-1)9-4-8-5;5-4-2-1-3-6-4/h1-4H,(H,7,8,9);1-3,6H,5H2. The number of pyridine rings is 1. The molecule has 3 rings (SSSR count). The Balaban J connectivity index is 0.000000124. The van der Waals surface area contributed by atoms with Crippen LogP contribution in [0.4, 0.5) is 5.82 Å². The number of H-pyrrole nitrogens is 2. The molecule has 0 aliphatic rings. The third-order valence-corrected chi connectivity index (χ3v) is 1.82. The number of fused-ring (bicyclic) bond motifs is 1. The minimum Gasteiger partial charge on any atom is -0.385 e. The smallest absolute Gasteiger partial charge is 0.177 e. The SMILES string of the molecule is Nc1ccc[nH]1.c1cnc2nc[nH]c2c1. The molecule has 0 spiro atoms. The number of nitrogen functional groups attached to an aromatic ring is 1. The van der Waals surface area contributed by atoms with Crippen molar-refractivity contribution in [2.24, 2.45) is 0 Å². The molecule has 0 unspecified atom stereocenters. The van der Waals surface area contributed by atoms with Crippen LogP contribution in [0.25, 0.3) is 11.2 Å². The molecule has 0 saturated carbocycles. The Kier molecular flexibility index (Phi) is 2.64. The van der Waals surface area contributed by atoms with E-state index in [1.165, 1.54) is 0 Å². The van der Waals surface area contributed by atoms with E-state index in [4.69, 9.17) is 5.73 Å². The number of rotatable bonds is 0. The summed E-state index contributed by atoms with van der Waals surface area (Å²) >= 11 is 0. The van der Waals surface area contributed by atoms with Crippen molar-refractivity contribution in [3.63, 3.8) is 0 Å². The van der Waals surface area contributed by atoms with Gasteiger partial charge in [-0.15, -0.1) is 0 Å². The Bertz CT molecular complexity index is 481. The maximum absolute atomic E-state index is 5.22. The van der Waals surface area contributed by atoms with Crippen LogP contribution >= 0.6 is 0 Å². The third kappa shape index (κ3) is 2.34. The van der Waals surface area contributed by atoms with Crippen molar-refractivity contribution in [3.8, 4) is 0 Å². The molecule has 3 heterocycles. The first kappa shape index (κ1) is 9.26. The van der Waals surface area contributed by atoms with Gasteiger partial charge < -0.3 is 15.7 Å². The third-order valence-electron chi connectivity index (χ3n) is 1.82. The Morgan fingerprint density at radius 2 is 2.00 bits per heavy atom. The van der Waals surface area contributed by atoms with E-state index in [0.29, 0.717) is 0 Å². The molecule has 0 aromatic carbocycles. The quantitative estimate of drug-likeness (QED) is 0.516. The lowest BCUT2D eigenvalue weighted by Crippen LogP contribution is -1.79. The van der Waals surface area contributed by atoms with E-state index in [2.05, 4.69) is 19.9 Å². The number of hydrogen-bond acceptors (Lipinski definition) is 3. The van der Waals surface area contributed by atoms with Gasteiger partial charge in [0, 0.05) is 12.4 Å². The lowest BCUT2D eigenvalue weighted by molar-refractivity contribution is 1.30.